The molecule has 0 amide bonds. The summed E-state index contributed by atoms with van der Waals surface area (Å²) in [6, 6.07) is 17.2. The molecule has 0 unspecified atom stereocenters. The fourth-order valence-electron chi connectivity index (χ4n) is 2.35. The summed E-state index contributed by atoms with van der Waals surface area (Å²) in [4.78, 5) is 3.25. The first-order valence-electron chi connectivity index (χ1n) is 6.64. The molecule has 0 fully saturated rings. The van der Waals surface area contributed by atoms with Crippen LogP contribution in [0.25, 0.3) is 10.9 Å². The largest absolute Gasteiger partial charge is 0.361 e. The fraction of sp³-hybridized carbons (Fsp3) is 0.176. The molecular weight excluding hydrogens is 232 g/mol. The smallest absolute Gasteiger partial charge is 0.0457 e. The maximum Gasteiger partial charge on any atom is 0.0457 e. The average molecular weight is 250 g/mol. The first-order chi connectivity index (χ1) is 9.33. The molecule has 0 atom stereocenters. The minimum Gasteiger partial charge on any atom is -0.361 e. The molecule has 1 heterocycles. The zero-order chi connectivity index (χ0) is 13.1. The van der Waals surface area contributed by atoms with Gasteiger partial charge in [0, 0.05) is 30.2 Å². The summed E-state index contributed by atoms with van der Waals surface area (Å²) in [5, 5.41) is 4.81. The first kappa shape index (κ1) is 12.0. The number of hydrogen-bond donors (Lipinski definition) is 2. The van der Waals surface area contributed by atoms with Crippen LogP contribution in [0.15, 0.2) is 54.7 Å². The van der Waals surface area contributed by atoms with Crippen LogP contribution in [0, 0.1) is 6.92 Å². The lowest BCUT2D eigenvalue weighted by molar-refractivity contribution is 0.696. The molecule has 2 nitrogen and oxygen atoms in total. The van der Waals surface area contributed by atoms with Gasteiger partial charge in [0.25, 0.3) is 0 Å². The highest BCUT2D eigenvalue weighted by molar-refractivity contribution is 5.82. The van der Waals surface area contributed by atoms with E-state index in [1.165, 1.54) is 27.6 Å². The van der Waals surface area contributed by atoms with E-state index in [9.17, 15) is 0 Å². The molecule has 96 valence electrons. The molecule has 2 N–H and O–H groups in total. The molecule has 2 aromatic carbocycles. The number of aromatic nitrogens is 1. The molecule has 0 radical (unpaired) electrons. The zero-order valence-corrected chi connectivity index (χ0v) is 11.1. The van der Waals surface area contributed by atoms with Crippen molar-refractivity contribution in [3.8, 4) is 0 Å². The topological polar surface area (TPSA) is 27.8 Å². The van der Waals surface area contributed by atoms with E-state index in [1.54, 1.807) is 0 Å². The normalized spacial score (nSPS) is 11.0. The van der Waals surface area contributed by atoms with Gasteiger partial charge in [-0.15, -0.1) is 0 Å². The number of aromatic amines is 1. The third kappa shape index (κ3) is 2.69. The van der Waals surface area contributed by atoms with Crippen LogP contribution in [-0.2, 0) is 13.1 Å². The van der Waals surface area contributed by atoms with Crippen LogP contribution in [0.3, 0.4) is 0 Å². The molecule has 1 aromatic heterocycles. The van der Waals surface area contributed by atoms with Crippen molar-refractivity contribution in [1.82, 2.24) is 10.3 Å². The molecule has 2 heteroatoms. The van der Waals surface area contributed by atoms with Gasteiger partial charge < -0.3 is 10.3 Å². The summed E-state index contributed by atoms with van der Waals surface area (Å²) in [6.45, 7) is 3.91. The van der Waals surface area contributed by atoms with E-state index in [4.69, 9.17) is 0 Å². The van der Waals surface area contributed by atoms with Gasteiger partial charge in [-0.25, -0.2) is 0 Å². The van der Waals surface area contributed by atoms with E-state index < -0.39 is 0 Å². The molecule has 0 aliphatic carbocycles. The van der Waals surface area contributed by atoms with Crippen LogP contribution in [0.5, 0.6) is 0 Å². The van der Waals surface area contributed by atoms with Crippen LogP contribution < -0.4 is 5.32 Å². The lowest BCUT2D eigenvalue weighted by atomic mass is 10.1. The summed E-state index contributed by atoms with van der Waals surface area (Å²) in [7, 11) is 0. The number of H-pyrrole nitrogens is 1. The molecule has 19 heavy (non-hydrogen) atoms. The van der Waals surface area contributed by atoms with Gasteiger partial charge in [0.2, 0.25) is 0 Å². The number of benzene rings is 2. The standard InChI is InChI=1S/C17H18N2/c1-13-5-7-14(8-6-13)11-18-12-15-3-2-4-17-16(15)9-10-19-17/h2-10,18-19H,11-12H2,1H3. The van der Waals surface area contributed by atoms with E-state index in [-0.39, 0.29) is 0 Å². The number of hydrogen-bond acceptors (Lipinski definition) is 1. The second kappa shape index (κ2) is 5.29. The highest BCUT2D eigenvalue weighted by Crippen LogP contribution is 2.17. The van der Waals surface area contributed by atoms with Gasteiger partial charge in [-0.1, -0.05) is 42.0 Å². The third-order valence-corrected chi connectivity index (χ3v) is 3.45. The molecule has 0 bridgehead atoms. The highest BCUT2D eigenvalue weighted by atomic mass is 14.8. The molecule has 0 saturated heterocycles. The predicted octanol–water partition coefficient (Wildman–Crippen LogP) is 3.77. The Morgan fingerprint density at radius 1 is 0.947 bits per heavy atom. The van der Waals surface area contributed by atoms with Crippen LogP contribution in [0.4, 0.5) is 0 Å². The second-order valence-corrected chi connectivity index (χ2v) is 4.95. The van der Waals surface area contributed by atoms with Gasteiger partial charge in [0.15, 0.2) is 0 Å². The van der Waals surface area contributed by atoms with Gasteiger partial charge >= 0.3 is 0 Å². The Labute approximate surface area is 113 Å². The van der Waals surface area contributed by atoms with E-state index in [0.717, 1.165) is 13.1 Å². The van der Waals surface area contributed by atoms with Crippen LogP contribution >= 0.6 is 0 Å². The molecule has 0 aliphatic rings. The first-order valence-corrected chi connectivity index (χ1v) is 6.64. The Kier molecular flexibility index (Phi) is 3.34. The monoisotopic (exact) mass is 250 g/mol. The summed E-state index contributed by atoms with van der Waals surface area (Å²) in [5.74, 6) is 0. The van der Waals surface area contributed by atoms with Crippen molar-refractivity contribution >= 4 is 10.9 Å². The van der Waals surface area contributed by atoms with Crippen molar-refractivity contribution in [2.75, 3.05) is 0 Å². The Balaban J connectivity index is 1.66. The van der Waals surface area contributed by atoms with Gasteiger partial charge in [-0.05, 0) is 30.2 Å². The maximum atomic E-state index is 3.51. The number of fused-ring (bicyclic) bond motifs is 1. The summed E-state index contributed by atoms with van der Waals surface area (Å²) < 4.78 is 0. The Morgan fingerprint density at radius 3 is 2.63 bits per heavy atom. The number of aryl methyl sites for hydroxylation is 1. The molecule has 0 saturated carbocycles. The van der Waals surface area contributed by atoms with Crippen molar-refractivity contribution in [3.63, 3.8) is 0 Å². The summed E-state index contributed by atoms with van der Waals surface area (Å²) in [5.41, 5.74) is 5.17. The Hall–Kier alpha value is -2.06. The minimum atomic E-state index is 0.892. The van der Waals surface area contributed by atoms with Crippen molar-refractivity contribution in [2.24, 2.45) is 0 Å². The molecular formula is C17H18N2. The Bertz CT molecular complexity index is 665. The van der Waals surface area contributed by atoms with Crippen LogP contribution in [0.2, 0.25) is 0 Å². The van der Waals surface area contributed by atoms with Crippen molar-refractivity contribution < 1.29 is 0 Å². The van der Waals surface area contributed by atoms with Crippen molar-refractivity contribution in [3.05, 3.63) is 71.4 Å². The second-order valence-electron chi connectivity index (χ2n) is 4.95. The van der Waals surface area contributed by atoms with Gasteiger partial charge in [-0.2, -0.15) is 0 Å². The van der Waals surface area contributed by atoms with E-state index in [0.29, 0.717) is 0 Å². The maximum absolute atomic E-state index is 3.51. The third-order valence-electron chi connectivity index (χ3n) is 3.45. The van der Waals surface area contributed by atoms with E-state index >= 15 is 0 Å². The van der Waals surface area contributed by atoms with E-state index in [1.807, 2.05) is 6.20 Å². The molecule has 0 spiro atoms. The van der Waals surface area contributed by atoms with E-state index in [2.05, 4.69) is 65.8 Å². The lowest BCUT2D eigenvalue weighted by Crippen LogP contribution is -2.12. The highest BCUT2D eigenvalue weighted by Gasteiger charge is 2.01. The number of nitrogens with one attached hydrogen (secondary N) is 2. The van der Waals surface area contributed by atoms with Crippen molar-refractivity contribution in [2.45, 2.75) is 20.0 Å². The zero-order valence-electron chi connectivity index (χ0n) is 11.1. The van der Waals surface area contributed by atoms with Gasteiger partial charge in [0.1, 0.15) is 0 Å². The van der Waals surface area contributed by atoms with Crippen LogP contribution in [0.1, 0.15) is 16.7 Å². The quantitative estimate of drug-likeness (QED) is 0.725. The predicted molar refractivity (Wildman–Crippen MR) is 80.0 cm³/mol. The van der Waals surface area contributed by atoms with Crippen LogP contribution in [-0.4, -0.2) is 4.98 Å². The van der Waals surface area contributed by atoms with Gasteiger partial charge in [-0.3, -0.25) is 0 Å². The average Bonchev–Trinajstić information content (AvgIpc) is 2.90. The van der Waals surface area contributed by atoms with Crippen molar-refractivity contribution in [1.29, 1.82) is 0 Å². The number of rotatable bonds is 4. The molecule has 3 rings (SSSR count). The molecule has 3 aromatic rings. The minimum absolute atomic E-state index is 0.892. The fourth-order valence-corrected chi connectivity index (χ4v) is 2.35. The summed E-state index contributed by atoms with van der Waals surface area (Å²) >= 11 is 0. The molecule has 0 aliphatic heterocycles. The lowest BCUT2D eigenvalue weighted by Gasteiger charge is -2.07. The van der Waals surface area contributed by atoms with Gasteiger partial charge in [0.05, 0.1) is 0 Å². The Morgan fingerprint density at radius 2 is 1.79 bits per heavy atom. The summed E-state index contributed by atoms with van der Waals surface area (Å²) in [6.07, 6.45) is 1.99. The SMILES string of the molecule is Cc1ccc(CNCc2cccc3[nH]ccc23)cc1.